The first-order valence-corrected chi connectivity index (χ1v) is 8.60. The lowest BCUT2D eigenvalue weighted by Crippen LogP contribution is -2.16. The quantitative estimate of drug-likeness (QED) is 0.560. The second kappa shape index (κ2) is 5.79. The van der Waals surface area contributed by atoms with E-state index in [1.54, 1.807) is 24.7 Å². The minimum atomic E-state index is -0.870. The van der Waals surface area contributed by atoms with E-state index in [1.807, 2.05) is 4.57 Å². The van der Waals surface area contributed by atoms with Gasteiger partial charge in [0.05, 0.1) is 6.54 Å². The number of pyridine rings is 1. The SMILES string of the molecule is Fc1ccc2c(Cn3c(C4CCC4)nc4nccnc43)cncc2c1F. The molecule has 130 valence electrons. The summed E-state index contributed by atoms with van der Waals surface area (Å²) >= 11 is 0. The van der Waals surface area contributed by atoms with Crippen LogP contribution in [-0.2, 0) is 6.54 Å². The van der Waals surface area contributed by atoms with Gasteiger partial charge in [0.1, 0.15) is 5.82 Å². The van der Waals surface area contributed by atoms with Crippen molar-refractivity contribution in [3.63, 3.8) is 0 Å². The monoisotopic (exact) mass is 351 g/mol. The maximum absolute atomic E-state index is 14.1. The van der Waals surface area contributed by atoms with Gasteiger partial charge in [0.15, 0.2) is 22.9 Å². The molecule has 3 aromatic heterocycles. The van der Waals surface area contributed by atoms with Crippen molar-refractivity contribution in [1.29, 1.82) is 0 Å². The van der Waals surface area contributed by atoms with E-state index in [0.717, 1.165) is 30.3 Å². The average Bonchev–Trinajstić information content (AvgIpc) is 2.95. The molecule has 0 amide bonds. The Morgan fingerprint density at radius 3 is 2.69 bits per heavy atom. The van der Waals surface area contributed by atoms with Gasteiger partial charge in [-0.3, -0.25) is 4.98 Å². The Hall–Kier alpha value is -2.96. The van der Waals surface area contributed by atoms with Crippen molar-refractivity contribution in [2.24, 2.45) is 0 Å². The molecule has 0 aliphatic heterocycles. The van der Waals surface area contributed by atoms with Crippen LogP contribution >= 0.6 is 0 Å². The van der Waals surface area contributed by atoms with Gasteiger partial charge < -0.3 is 4.57 Å². The first-order valence-electron chi connectivity index (χ1n) is 8.60. The van der Waals surface area contributed by atoms with E-state index in [4.69, 9.17) is 0 Å². The Kier molecular flexibility index (Phi) is 3.41. The summed E-state index contributed by atoms with van der Waals surface area (Å²) in [5.74, 6) is -0.392. The van der Waals surface area contributed by atoms with Crippen LogP contribution in [0.3, 0.4) is 0 Å². The molecular weight excluding hydrogens is 336 g/mol. The maximum atomic E-state index is 14.1. The number of aromatic nitrogens is 5. The highest BCUT2D eigenvalue weighted by Gasteiger charge is 2.27. The summed E-state index contributed by atoms with van der Waals surface area (Å²) in [6, 6.07) is 2.75. The van der Waals surface area contributed by atoms with Crippen LogP contribution in [0.4, 0.5) is 8.78 Å². The van der Waals surface area contributed by atoms with Crippen LogP contribution in [0.25, 0.3) is 22.1 Å². The van der Waals surface area contributed by atoms with E-state index < -0.39 is 11.6 Å². The second-order valence-corrected chi connectivity index (χ2v) is 6.64. The minimum Gasteiger partial charge on any atom is -0.306 e. The van der Waals surface area contributed by atoms with Crippen molar-refractivity contribution in [2.75, 3.05) is 0 Å². The van der Waals surface area contributed by atoms with E-state index in [9.17, 15) is 8.78 Å². The van der Waals surface area contributed by atoms with Crippen molar-refractivity contribution in [3.05, 3.63) is 59.9 Å². The predicted molar refractivity (Wildman–Crippen MR) is 92.7 cm³/mol. The molecule has 1 fully saturated rings. The summed E-state index contributed by atoms with van der Waals surface area (Å²) in [5, 5.41) is 0.826. The molecule has 0 saturated heterocycles. The molecular formula is C19H15F2N5. The fourth-order valence-corrected chi connectivity index (χ4v) is 3.54. The molecule has 0 radical (unpaired) electrons. The van der Waals surface area contributed by atoms with Crippen LogP contribution in [0.5, 0.6) is 0 Å². The predicted octanol–water partition coefficient (Wildman–Crippen LogP) is 3.97. The molecule has 0 unspecified atom stereocenters. The van der Waals surface area contributed by atoms with Crippen LogP contribution in [0, 0.1) is 11.6 Å². The zero-order chi connectivity index (χ0) is 17.7. The second-order valence-electron chi connectivity index (χ2n) is 6.64. The van der Waals surface area contributed by atoms with Gasteiger partial charge in [-0.2, -0.15) is 0 Å². The van der Waals surface area contributed by atoms with E-state index in [0.29, 0.717) is 29.1 Å². The van der Waals surface area contributed by atoms with Gasteiger partial charge in [-0.1, -0.05) is 12.5 Å². The fraction of sp³-hybridized carbons (Fsp3) is 0.263. The molecule has 1 aliphatic carbocycles. The Morgan fingerprint density at radius 2 is 1.88 bits per heavy atom. The summed E-state index contributed by atoms with van der Waals surface area (Å²) in [6.07, 6.45) is 9.69. The third-order valence-corrected chi connectivity index (χ3v) is 5.12. The molecule has 0 bridgehead atoms. The molecule has 5 nitrogen and oxygen atoms in total. The number of benzene rings is 1. The minimum absolute atomic E-state index is 0.184. The number of hydrogen-bond donors (Lipinski definition) is 0. The van der Waals surface area contributed by atoms with Gasteiger partial charge in [-0.25, -0.2) is 23.7 Å². The normalized spacial score (nSPS) is 14.8. The van der Waals surface area contributed by atoms with Crippen molar-refractivity contribution >= 4 is 22.1 Å². The van der Waals surface area contributed by atoms with Gasteiger partial charge >= 0.3 is 0 Å². The Labute approximate surface area is 147 Å². The molecule has 7 heteroatoms. The average molecular weight is 351 g/mol. The van der Waals surface area contributed by atoms with Crippen LogP contribution in [-0.4, -0.2) is 24.5 Å². The zero-order valence-electron chi connectivity index (χ0n) is 13.9. The number of fused-ring (bicyclic) bond motifs is 2. The Balaban J connectivity index is 1.68. The van der Waals surface area contributed by atoms with Crippen molar-refractivity contribution < 1.29 is 8.78 Å². The first kappa shape index (κ1) is 15.3. The first-order chi connectivity index (χ1) is 12.7. The Morgan fingerprint density at radius 1 is 1.04 bits per heavy atom. The molecule has 1 aliphatic rings. The van der Waals surface area contributed by atoms with Crippen LogP contribution in [0.15, 0.2) is 36.9 Å². The fourth-order valence-electron chi connectivity index (χ4n) is 3.54. The van der Waals surface area contributed by atoms with Gasteiger partial charge in [0, 0.05) is 36.1 Å². The number of imidazole rings is 1. The van der Waals surface area contributed by atoms with E-state index in [-0.39, 0.29) is 5.39 Å². The summed E-state index contributed by atoms with van der Waals surface area (Å²) in [4.78, 5) is 17.5. The smallest absolute Gasteiger partial charge is 0.197 e. The lowest BCUT2D eigenvalue weighted by molar-refractivity contribution is 0.391. The standard InChI is InChI=1S/C19H15F2N5/c20-15-5-4-13-12(8-22-9-14(13)16(15)21)10-26-18(11-2-1-3-11)25-17-19(26)24-7-6-23-17/h4-9,11H,1-3,10H2. The van der Waals surface area contributed by atoms with Crippen LogP contribution in [0.1, 0.15) is 36.6 Å². The molecule has 0 N–H and O–H groups in total. The summed E-state index contributed by atoms with van der Waals surface area (Å²) < 4.78 is 29.7. The highest BCUT2D eigenvalue weighted by atomic mass is 19.2. The molecule has 0 spiro atoms. The van der Waals surface area contributed by atoms with Gasteiger partial charge in [0.25, 0.3) is 0 Å². The lowest BCUT2D eigenvalue weighted by Gasteiger charge is -2.25. The number of nitrogens with zero attached hydrogens (tertiary/aromatic N) is 5. The van der Waals surface area contributed by atoms with Crippen molar-refractivity contribution in [3.8, 4) is 0 Å². The van der Waals surface area contributed by atoms with Gasteiger partial charge in [-0.15, -0.1) is 0 Å². The van der Waals surface area contributed by atoms with E-state index in [2.05, 4.69) is 19.9 Å². The molecule has 1 saturated carbocycles. The zero-order valence-corrected chi connectivity index (χ0v) is 13.9. The lowest BCUT2D eigenvalue weighted by atomic mass is 9.85. The maximum Gasteiger partial charge on any atom is 0.197 e. The summed E-state index contributed by atoms with van der Waals surface area (Å²) in [5.41, 5.74) is 2.11. The number of hydrogen-bond acceptors (Lipinski definition) is 4. The van der Waals surface area contributed by atoms with E-state index >= 15 is 0 Å². The molecule has 4 aromatic rings. The van der Waals surface area contributed by atoms with Crippen molar-refractivity contribution in [1.82, 2.24) is 24.5 Å². The molecule has 1 aromatic carbocycles. The van der Waals surface area contributed by atoms with Gasteiger partial charge in [-0.05, 0) is 29.9 Å². The number of halogens is 2. The Bertz CT molecular complexity index is 1130. The largest absolute Gasteiger partial charge is 0.306 e. The number of rotatable bonds is 3. The van der Waals surface area contributed by atoms with Crippen molar-refractivity contribution in [2.45, 2.75) is 31.7 Å². The van der Waals surface area contributed by atoms with Crippen LogP contribution < -0.4 is 0 Å². The highest BCUT2D eigenvalue weighted by molar-refractivity contribution is 5.85. The van der Waals surface area contributed by atoms with Gasteiger partial charge in [0.2, 0.25) is 0 Å². The van der Waals surface area contributed by atoms with Crippen LogP contribution in [0.2, 0.25) is 0 Å². The highest BCUT2D eigenvalue weighted by Crippen LogP contribution is 2.37. The molecule has 26 heavy (non-hydrogen) atoms. The molecule has 5 rings (SSSR count). The molecule has 3 heterocycles. The topological polar surface area (TPSA) is 56.5 Å². The third-order valence-electron chi connectivity index (χ3n) is 5.12. The third kappa shape index (κ3) is 2.27. The summed E-state index contributed by atoms with van der Waals surface area (Å²) in [7, 11) is 0. The summed E-state index contributed by atoms with van der Waals surface area (Å²) in [6.45, 7) is 0.441. The molecule has 0 atom stereocenters. The van der Waals surface area contributed by atoms with E-state index in [1.165, 1.54) is 12.6 Å².